The van der Waals surface area contributed by atoms with Crippen molar-refractivity contribution in [3.63, 3.8) is 0 Å². The van der Waals surface area contributed by atoms with Gasteiger partial charge in [0, 0.05) is 38.8 Å². The predicted molar refractivity (Wildman–Crippen MR) is 71.0 cm³/mol. The van der Waals surface area contributed by atoms with Crippen molar-refractivity contribution in [2.24, 2.45) is 5.92 Å². The number of piperidine rings is 1. The molecule has 1 N–H and O–H groups in total. The Morgan fingerprint density at radius 1 is 1.05 bits per heavy atom. The number of likely N-dealkylation sites (N-methyl/N-ethyl adjacent to an activating group) is 1. The molecule has 0 radical (unpaired) electrons. The normalized spacial score (nSPS) is 26.5. The van der Waals surface area contributed by atoms with Gasteiger partial charge in [0.15, 0.2) is 0 Å². The smallest absolute Gasteiger partial charge is 0.320 e. The summed E-state index contributed by atoms with van der Waals surface area (Å²) >= 11 is 0. The molecule has 0 aliphatic carbocycles. The van der Waals surface area contributed by atoms with E-state index in [1.54, 1.807) is 4.90 Å². The molecule has 2 aliphatic heterocycles. The lowest BCUT2D eigenvalue weighted by Gasteiger charge is -2.41. The molecular weight excluding hydrogens is 246 g/mol. The van der Waals surface area contributed by atoms with Crippen molar-refractivity contribution >= 4 is 12.0 Å². The number of carboxylic acid groups (broad SMARTS) is 1. The van der Waals surface area contributed by atoms with E-state index in [0.29, 0.717) is 32.0 Å². The van der Waals surface area contributed by atoms with Gasteiger partial charge in [-0.15, -0.1) is 0 Å². The first-order valence-corrected chi connectivity index (χ1v) is 6.96. The van der Waals surface area contributed by atoms with Crippen molar-refractivity contribution < 1.29 is 14.7 Å². The molecule has 2 fully saturated rings. The van der Waals surface area contributed by atoms with E-state index < -0.39 is 5.97 Å². The third kappa shape index (κ3) is 3.18. The first kappa shape index (κ1) is 14.1. The largest absolute Gasteiger partial charge is 0.481 e. The summed E-state index contributed by atoms with van der Waals surface area (Å²) in [5.41, 5.74) is 0. The highest BCUT2D eigenvalue weighted by Gasteiger charge is 2.31. The summed E-state index contributed by atoms with van der Waals surface area (Å²) in [5.74, 6) is -1.02. The van der Waals surface area contributed by atoms with Crippen LogP contribution in [0.5, 0.6) is 0 Å². The molecule has 108 valence electrons. The summed E-state index contributed by atoms with van der Waals surface area (Å²) in [6.45, 7) is 5.67. The molecule has 2 saturated heterocycles. The number of amides is 2. The molecule has 1 unspecified atom stereocenters. The maximum atomic E-state index is 12.4. The van der Waals surface area contributed by atoms with Crippen LogP contribution >= 0.6 is 0 Å². The third-order valence-electron chi connectivity index (χ3n) is 4.34. The van der Waals surface area contributed by atoms with Gasteiger partial charge in [-0.3, -0.25) is 4.79 Å². The van der Waals surface area contributed by atoms with E-state index in [0.717, 1.165) is 19.6 Å². The number of rotatable bonds is 1. The first-order valence-electron chi connectivity index (χ1n) is 6.96. The van der Waals surface area contributed by atoms with Crippen LogP contribution in [0.1, 0.15) is 19.8 Å². The molecule has 19 heavy (non-hydrogen) atoms. The average molecular weight is 269 g/mol. The molecule has 6 heteroatoms. The fourth-order valence-electron chi connectivity index (χ4n) is 2.74. The maximum Gasteiger partial charge on any atom is 0.320 e. The van der Waals surface area contributed by atoms with Crippen LogP contribution in [-0.4, -0.2) is 77.6 Å². The van der Waals surface area contributed by atoms with Gasteiger partial charge < -0.3 is 19.8 Å². The molecule has 6 nitrogen and oxygen atoms in total. The van der Waals surface area contributed by atoms with Crippen LogP contribution in [0, 0.1) is 5.92 Å². The molecule has 0 bridgehead atoms. The number of hydrogen-bond donors (Lipinski definition) is 1. The number of aliphatic carboxylic acids is 1. The highest BCUT2D eigenvalue weighted by Crippen LogP contribution is 2.19. The molecule has 0 aromatic heterocycles. The van der Waals surface area contributed by atoms with Crippen LogP contribution in [-0.2, 0) is 4.79 Å². The molecule has 2 rings (SSSR count). The Kier molecular flexibility index (Phi) is 4.29. The number of carbonyl (C=O) groups excluding carboxylic acids is 1. The van der Waals surface area contributed by atoms with Gasteiger partial charge in [0.05, 0.1) is 5.92 Å². The second-order valence-corrected chi connectivity index (χ2v) is 5.66. The Labute approximate surface area is 114 Å². The lowest BCUT2D eigenvalue weighted by Crippen LogP contribution is -2.56. The summed E-state index contributed by atoms with van der Waals surface area (Å²) in [6, 6.07) is 0.457. The number of carboxylic acids is 1. The van der Waals surface area contributed by atoms with Crippen molar-refractivity contribution in [1.82, 2.24) is 14.7 Å². The molecule has 0 spiro atoms. The first-order chi connectivity index (χ1) is 8.99. The van der Waals surface area contributed by atoms with Crippen LogP contribution < -0.4 is 0 Å². The van der Waals surface area contributed by atoms with Crippen molar-refractivity contribution in [3.8, 4) is 0 Å². The second-order valence-electron chi connectivity index (χ2n) is 5.66. The maximum absolute atomic E-state index is 12.4. The molecule has 2 aliphatic rings. The molecule has 0 saturated carbocycles. The topological polar surface area (TPSA) is 64.1 Å². The zero-order valence-corrected chi connectivity index (χ0v) is 11.7. The van der Waals surface area contributed by atoms with Crippen molar-refractivity contribution in [2.45, 2.75) is 25.8 Å². The van der Waals surface area contributed by atoms with E-state index in [1.807, 2.05) is 4.90 Å². The van der Waals surface area contributed by atoms with Gasteiger partial charge in [-0.1, -0.05) is 0 Å². The zero-order valence-electron chi connectivity index (χ0n) is 11.7. The van der Waals surface area contributed by atoms with Gasteiger partial charge in [-0.2, -0.15) is 0 Å². The number of piperazine rings is 1. The van der Waals surface area contributed by atoms with E-state index in [-0.39, 0.29) is 11.9 Å². The standard InChI is InChI=1S/C13H23N3O3/c1-10-9-16(8-7-14(10)2)13(19)15-5-3-11(4-6-15)12(17)18/h10-11H,3-9H2,1-2H3,(H,17,18). The van der Waals surface area contributed by atoms with Gasteiger partial charge in [0.1, 0.15) is 0 Å². The molecular formula is C13H23N3O3. The number of carbonyl (C=O) groups is 2. The van der Waals surface area contributed by atoms with Crippen molar-refractivity contribution in [3.05, 3.63) is 0 Å². The van der Waals surface area contributed by atoms with E-state index >= 15 is 0 Å². The lowest BCUT2D eigenvalue weighted by atomic mass is 9.97. The van der Waals surface area contributed by atoms with E-state index in [1.165, 1.54) is 0 Å². The van der Waals surface area contributed by atoms with E-state index in [4.69, 9.17) is 5.11 Å². The summed E-state index contributed by atoms with van der Waals surface area (Å²) in [7, 11) is 2.07. The highest BCUT2D eigenvalue weighted by molar-refractivity contribution is 5.75. The summed E-state index contributed by atoms with van der Waals surface area (Å²) in [4.78, 5) is 29.2. The van der Waals surface area contributed by atoms with Gasteiger partial charge in [-0.05, 0) is 26.8 Å². The van der Waals surface area contributed by atoms with Crippen LogP contribution in [0.25, 0.3) is 0 Å². The Morgan fingerprint density at radius 2 is 1.68 bits per heavy atom. The minimum absolute atomic E-state index is 0.0730. The highest BCUT2D eigenvalue weighted by atomic mass is 16.4. The predicted octanol–water partition coefficient (Wildman–Crippen LogP) is 0.539. The number of hydrogen-bond acceptors (Lipinski definition) is 3. The number of urea groups is 1. The molecule has 0 aromatic rings. The Hall–Kier alpha value is -1.30. The Bertz CT molecular complexity index is 353. The van der Waals surface area contributed by atoms with Crippen LogP contribution in [0.2, 0.25) is 0 Å². The Morgan fingerprint density at radius 3 is 2.21 bits per heavy atom. The van der Waals surface area contributed by atoms with E-state index in [9.17, 15) is 9.59 Å². The monoisotopic (exact) mass is 269 g/mol. The van der Waals surface area contributed by atoms with Crippen LogP contribution in [0.4, 0.5) is 4.79 Å². The van der Waals surface area contributed by atoms with Gasteiger partial charge in [-0.25, -0.2) is 4.79 Å². The second kappa shape index (κ2) is 5.77. The minimum Gasteiger partial charge on any atom is -0.481 e. The van der Waals surface area contributed by atoms with Gasteiger partial charge in [0.25, 0.3) is 0 Å². The summed E-state index contributed by atoms with van der Waals surface area (Å²) in [5, 5.41) is 8.96. The van der Waals surface area contributed by atoms with Gasteiger partial charge in [0.2, 0.25) is 0 Å². The third-order valence-corrected chi connectivity index (χ3v) is 4.34. The number of nitrogens with zero attached hydrogens (tertiary/aromatic N) is 3. The fraction of sp³-hybridized carbons (Fsp3) is 0.846. The van der Waals surface area contributed by atoms with E-state index in [2.05, 4.69) is 18.9 Å². The van der Waals surface area contributed by atoms with Crippen molar-refractivity contribution in [1.29, 1.82) is 0 Å². The van der Waals surface area contributed by atoms with Crippen molar-refractivity contribution in [2.75, 3.05) is 39.8 Å². The SMILES string of the molecule is CC1CN(C(=O)N2CCC(C(=O)O)CC2)CCN1C. The molecule has 2 amide bonds. The minimum atomic E-state index is -0.736. The average Bonchev–Trinajstić information content (AvgIpc) is 2.41. The lowest BCUT2D eigenvalue weighted by molar-refractivity contribution is -0.143. The fourth-order valence-corrected chi connectivity index (χ4v) is 2.74. The molecule has 1 atom stereocenters. The Balaban J connectivity index is 1.86. The summed E-state index contributed by atoms with van der Waals surface area (Å²) < 4.78 is 0. The van der Waals surface area contributed by atoms with Crippen LogP contribution in [0.15, 0.2) is 0 Å². The van der Waals surface area contributed by atoms with Crippen LogP contribution in [0.3, 0.4) is 0 Å². The summed E-state index contributed by atoms with van der Waals surface area (Å²) in [6.07, 6.45) is 1.15. The zero-order chi connectivity index (χ0) is 14.0. The number of likely N-dealkylation sites (tertiary alicyclic amines) is 1. The van der Waals surface area contributed by atoms with Gasteiger partial charge >= 0.3 is 12.0 Å². The molecule has 2 heterocycles. The molecule has 0 aromatic carbocycles. The quantitative estimate of drug-likeness (QED) is 0.754.